The van der Waals surface area contributed by atoms with E-state index in [1.54, 1.807) is 0 Å². The fourth-order valence-electron chi connectivity index (χ4n) is 0.642. The van der Waals surface area contributed by atoms with Gasteiger partial charge in [-0.1, -0.05) is 26.7 Å². The van der Waals surface area contributed by atoms with Gasteiger partial charge in [-0.15, -0.1) is 0 Å². The van der Waals surface area contributed by atoms with E-state index in [2.05, 4.69) is 0 Å². The molecule has 0 heterocycles. The molecule has 0 aromatic rings. The summed E-state index contributed by atoms with van der Waals surface area (Å²) in [5.41, 5.74) is 0. The first-order valence-electron chi connectivity index (χ1n) is 4.99. The topological polar surface area (TPSA) is 114 Å². The summed E-state index contributed by atoms with van der Waals surface area (Å²) in [5.74, 6) is -0.438. The van der Waals surface area contributed by atoms with Crippen LogP contribution in [0.2, 0.25) is 0 Å². The smallest absolute Gasteiger partial charge is 0.748 e. The molecule has 0 saturated heterocycles. The zero-order valence-electron chi connectivity index (χ0n) is 10.2. The van der Waals surface area contributed by atoms with Gasteiger partial charge in [0.15, 0.2) is 0 Å². The molecule has 0 aromatic carbocycles. The molecule has 0 saturated carbocycles. The number of unbranched alkanes of at least 4 members (excludes halogenated alkanes) is 2. The molecule has 0 rings (SSSR count). The van der Waals surface area contributed by atoms with E-state index in [1.165, 1.54) is 0 Å². The Balaban J connectivity index is -0.000000218. The van der Waals surface area contributed by atoms with E-state index in [1.807, 2.05) is 13.8 Å². The standard InChI is InChI=1S/2C4H10O3S.Mg/c2*1-2-3-4-8(5,6)7;/h2*2-4H2,1H3,(H,5,6,7);/q;;+2/p-2. The first-order chi connectivity index (χ1) is 7.12. The van der Waals surface area contributed by atoms with Gasteiger partial charge in [0.05, 0.1) is 20.2 Å². The van der Waals surface area contributed by atoms with Gasteiger partial charge >= 0.3 is 23.1 Å². The normalized spacial score (nSPS) is 11.1. The monoisotopic (exact) mass is 298 g/mol. The molecule has 0 atom stereocenters. The Morgan fingerprint density at radius 1 is 0.765 bits per heavy atom. The maximum atomic E-state index is 9.83. The molecule has 0 bridgehead atoms. The van der Waals surface area contributed by atoms with Crippen molar-refractivity contribution in [3.63, 3.8) is 0 Å². The van der Waals surface area contributed by atoms with Gasteiger partial charge in [0.2, 0.25) is 0 Å². The van der Waals surface area contributed by atoms with Crippen LogP contribution in [0.4, 0.5) is 0 Å². The molecule has 0 unspecified atom stereocenters. The van der Waals surface area contributed by atoms with Crippen LogP contribution < -0.4 is 0 Å². The maximum absolute atomic E-state index is 9.83. The van der Waals surface area contributed by atoms with Crippen LogP contribution in [0, 0.1) is 0 Å². The second-order valence-corrected chi connectivity index (χ2v) is 6.28. The van der Waals surface area contributed by atoms with Crippen LogP contribution in [0.3, 0.4) is 0 Å². The molecule has 0 N–H and O–H groups in total. The largest absolute Gasteiger partial charge is 2.00 e. The molecular formula is C8H18MgO6S2. The predicted octanol–water partition coefficient (Wildman–Crippen LogP) is 0.283. The Labute approximate surface area is 120 Å². The molecule has 0 amide bonds. The van der Waals surface area contributed by atoms with Crippen molar-refractivity contribution in [1.82, 2.24) is 0 Å². The summed E-state index contributed by atoms with van der Waals surface area (Å²) in [4.78, 5) is 0. The summed E-state index contributed by atoms with van der Waals surface area (Å²) in [6.45, 7) is 3.68. The van der Waals surface area contributed by atoms with Crippen LogP contribution in [0.15, 0.2) is 0 Å². The molecule has 0 radical (unpaired) electrons. The molecule has 0 aliphatic rings. The fraction of sp³-hybridized carbons (Fsp3) is 1.00. The molecule has 0 aliphatic carbocycles. The van der Waals surface area contributed by atoms with E-state index in [-0.39, 0.29) is 34.6 Å². The van der Waals surface area contributed by atoms with Crippen molar-refractivity contribution in [2.75, 3.05) is 11.5 Å². The Morgan fingerprint density at radius 2 is 1.00 bits per heavy atom. The minimum Gasteiger partial charge on any atom is -0.748 e. The number of hydrogen-bond donors (Lipinski definition) is 0. The second kappa shape index (κ2) is 11.7. The molecule has 100 valence electrons. The van der Waals surface area contributed by atoms with E-state index in [9.17, 15) is 25.9 Å². The van der Waals surface area contributed by atoms with Crippen molar-refractivity contribution in [1.29, 1.82) is 0 Å². The van der Waals surface area contributed by atoms with E-state index in [0.717, 1.165) is 12.8 Å². The molecule has 0 fully saturated rings. The number of hydrogen-bond acceptors (Lipinski definition) is 6. The van der Waals surface area contributed by atoms with E-state index >= 15 is 0 Å². The van der Waals surface area contributed by atoms with Crippen molar-refractivity contribution in [2.45, 2.75) is 39.5 Å². The van der Waals surface area contributed by atoms with Crippen LogP contribution in [0.1, 0.15) is 39.5 Å². The summed E-state index contributed by atoms with van der Waals surface area (Å²) in [5, 5.41) is 0. The molecule has 17 heavy (non-hydrogen) atoms. The zero-order chi connectivity index (χ0) is 13.2. The molecule has 0 aliphatic heterocycles. The average molecular weight is 299 g/mol. The quantitative estimate of drug-likeness (QED) is 0.514. The summed E-state index contributed by atoms with van der Waals surface area (Å²) < 4.78 is 59.0. The third kappa shape index (κ3) is 31.5. The molecule has 9 heteroatoms. The van der Waals surface area contributed by atoms with Crippen molar-refractivity contribution in [2.24, 2.45) is 0 Å². The van der Waals surface area contributed by atoms with Gasteiger partial charge in [0.1, 0.15) is 0 Å². The SMILES string of the molecule is CCCCS(=O)(=O)[O-].CCCCS(=O)(=O)[O-].[Mg+2]. The fourth-order valence-corrected chi connectivity index (χ4v) is 1.93. The Hall–Kier alpha value is 0.586. The van der Waals surface area contributed by atoms with E-state index in [0.29, 0.717) is 12.8 Å². The minimum atomic E-state index is -3.94. The first kappa shape index (κ1) is 22.7. The summed E-state index contributed by atoms with van der Waals surface area (Å²) in [7, 11) is -7.87. The molecule has 0 spiro atoms. The Morgan fingerprint density at radius 3 is 1.06 bits per heavy atom. The third-order valence-corrected chi connectivity index (χ3v) is 3.07. The van der Waals surface area contributed by atoms with Crippen LogP contribution in [0.25, 0.3) is 0 Å². The van der Waals surface area contributed by atoms with Gasteiger partial charge in [-0.25, -0.2) is 16.8 Å². The Bertz CT molecular complexity index is 312. The summed E-state index contributed by atoms with van der Waals surface area (Å²) in [6.07, 6.45) is 2.46. The van der Waals surface area contributed by atoms with E-state index in [4.69, 9.17) is 0 Å². The van der Waals surface area contributed by atoms with Crippen molar-refractivity contribution in [3.8, 4) is 0 Å². The van der Waals surface area contributed by atoms with Gasteiger partial charge in [0.25, 0.3) is 0 Å². The summed E-state index contributed by atoms with van der Waals surface area (Å²) in [6, 6.07) is 0. The first-order valence-corrected chi connectivity index (χ1v) is 8.15. The Kier molecular flexibility index (Phi) is 15.6. The van der Waals surface area contributed by atoms with Crippen LogP contribution in [-0.4, -0.2) is 60.5 Å². The van der Waals surface area contributed by atoms with Crippen LogP contribution in [-0.2, 0) is 20.2 Å². The van der Waals surface area contributed by atoms with Crippen molar-refractivity contribution >= 4 is 43.3 Å². The maximum Gasteiger partial charge on any atom is 2.00 e. The van der Waals surface area contributed by atoms with Crippen molar-refractivity contribution in [3.05, 3.63) is 0 Å². The minimum absolute atomic E-state index is 0. The predicted molar refractivity (Wildman–Crippen MR) is 64.7 cm³/mol. The molecule has 6 nitrogen and oxygen atoms in total. The van der Waals surface area contributed by atoms with Gasteiger partial charge in [-0.05, 0) is 12.8 Å². The third-order valence-electron chi connectivity index (χ3n) is 1.50. The molecular weight excluding hydrogens is 281 g/mol. The average Bonchev–Trinajstić information content (AvgIpc) is 2.10. The molecule has 0 aromatic heterocycles. The number of rotatable bonds is 6. The zero-order valence-corrected chi connectivity index (χ0v) is 13.3. The van der Waals surface area contributed by atoms with Crippen molar-refractivity contribution < 1.29 is 25.9 Å². The van der Waals surface area contributed by atoms with Gasteiger partial charge < -0.3 is 9.11 Å². The van der Waals surface area contributed by atoms with Crippen LogP contribution >= 0.6 is 0 Å². The van der Waals surface area contributed by atoms with E-state index < -0.39 is 20.2 Å². The van der Waals surface area contributed by atoms with Gasteiger partial charge in [-0.3, -0.25) is 0 Å². The van der Waals surface area contributed by atoms with Crippen LogP contribution in [0.5, 0.6) is 0 Å². The second-order valence-electron chi connectivity index (χ2n) is 3.23. The van der Waals surface area contributed by atoms with Gasteiger partial charge in [-0.2, -0.15) is 0 Å². The summed E-state index contributed by atoms with van der Waals surface area (Å²) >= 11 is 0. The van der Waals surface area contributed by atoms with Gasteiger partial charge in [0, 0.05) is 11.5 Å².